The van der Waals surface area contributed by atoms with Gasteiger partial charge in [0.1, 0.15) is 0 Å². The topological polar surface area (TPSA) is 41.6 Å². The molecule has 1 aromatic heterocycles. The van der Waals surface area contributed by atoms with Crippen LogP contribution in [0.25, 0.3) is 44.3 Å². The van der Waals surface area contributed by atoms with Gasteiger partial charge >= 0.3 is 0 Å². The van der Waals surface area contributed by atoms with Gasteiger partial charge in [0.25, 0.3) is 0 Å². The fourth-order valence-corrected chi connectivity index (χ4v) is 3.35. The number of nitrogens with zero attached hydrogens (tertiary/aromatic N) is 2. The molecular formula is C22H15N3. The first-order chi connectivity index (χ1) is 12.4. The fraction of sp³-hybridized carbons (Fsp3) is 0. The van der Waals surface area contributed by atoms with Crippen LogP contribution in [0.2, 0.25) is 0 Å². The maximum absolute atomic E-state index is 4.74. The Kier molecular flexibility index (Phi) is 3.10. The predicted octanol–water partition coefficient (Wildman–Crippen LogP) is 5.45. The summed E-state index contributed by atoms with van der Waals surface area (Å²) in [4.78, 5) is 4.74. The van der Waals surface area contributed by atoms with E-state index in [0.29, 0.717) is 5.82 Å². The van der Waals surface area contributed by atoms with E-state index in [0.717, 1.165) is 17.0 Å². The van der Waals surface area contributed by atoms with Crippen molar-refractivity contribution in [2.45, 2.75) is 0 Å². The van der Waals surface area contributed by atoms with E-state index in [4.69, 9.17) is 4.98 Å². The Bertz CT molecular complexity index is 1190. The smallest absolute Gasteiger partial charge is 0.181 e. The van der Waals surface area contributed by atoms with Crippen LogP contribution in [-0.2, 0) is 0 Å². The molecule has 4 aromatic carbocycles. The van der Waals surface area contributed by atoms with Gasteiger partial charge in [0, 0.05) is 11.1 Å². The highest BCUT2D eigenvalue weighted by atomic mass is 15.2. The van der Waals surface area contributed by atoms with Crippen molar-refractivity contribution in [3.63, 3.8) is 0 Å². The van der Waals surface area contributed by atoms with Gasteiger partial charge < -0.3 is 0 Å². The standard InChI is InChI=1S/C22H15N3/c1-2-8-15(9-3-1)21-23-22(25-24-21)20-14-16-10-4-5-11-17(16)18-12-6-7-13-19(18)20/h1-14H,(H,23,24,25). The Morgan fingerprint density at radius 3 is 2.16 bits per heavy atom. The van der Waals surface area contributed by atoms with Crippen LogP contribution in [0.1, 0.15) is 0 Å². The monoisotopic (exact) mass is 321 g/mol. The molecule has 1 N–H and O–H groups in total. The average Bonchev–Trinajstić information content (AvgIpc) is 3.18. The number of fused-ring (bicyclic) bond motifs is 3. The first-order valence-corrected chi connectivity index (χ1v) is 8.29. The third kappa shape index (κ3) is 2.29. The lowest BCUT2D eigenvalue weighted by molar-refractivity contribution is 1.10. The van der Waals surface area contributed by atoms with E-state index in [-0.39, 0.29) is 0 Å². The van der Waals surface area contributed by atoms with Crippen molar-refractivity contribution in [2.75, 3.05) is 0 Å². The molecule has 3 heteroatoms. The summed E-state index contributed by atoms with van der Waals surface area (Å²) in [7, 11) is 0. The van der Waals surface area contributed by atoms with Crippen LogP contribution in [0.15, 0.2) is 84.9 Å². The summed E-state index contributed by atoms with van der Waals surface area (Å²) in [5.74, 6) is 1.51. The quantitative estimate of drug-likeness (QED) is 0.440. The van der Waals surface area contributed by atoms with Crippen molar-refractivity contribution < 1.29 is 0 Å². The Hall–Kier alpha value is -3.46. The van der Waals surface area contributed by atoms with Gasteiger partial charge in [-0.2, -0.15) is 5.10 Å². The highest BCUT2D eigenvalue weighted by Gasteiger charge is 2.12. The van der Waals surface area contributed by atoms with E-state index < -0.39 is 0 Å². The van der Waals surface area contributed by atoms with Crippen molar-refractivity contribution in [2.24, 2.45) is 0 Å². The summed E-state index contributed by atoms with van der Waals surface area (Å²) in [5.41, 5.74) is 2.08. The molecule has 5 aromatic rings. The van der Waals surface area contributed by atoms with Gasteiger partial charge in [0.05, 0.1) is 0 Å². The number of H-pyrrole nitrogens is 1. The zero-order valence-corrected chi connectivity index (χ0v) is 13.5. The van der Waals surface area contributed by atoms with E-state index in [1.807, 2.05) is 30.3 Å². The third-order valence-electron chi connectivity index (χ3n) is 4.54. The SMILES string of the molecule is c1ccc(-c2n[nH]c(-c3cc4ccccc4c4ccccc34)n2)cc1. The molecule has 25 heavy (non-hydrogen) atoms. The molecule has 0 aliphatic carbocycles. The Morgan fingerprint density at radius 1 is 0.640 bits per heavy atom. The highest BCUT2D eigenvalue weighted by Crippen LogP contribution is 2.33. The minimum Gasteiger partial charge on any atom is -0.259 e. The van der Waals surface area contributed by atoms with Gasteiger partial charge in [0.2, 0.25) is 0 Å². The summed E-state index contributed by atoms with van der Waals surface area (Å²) in [5, 5.41) is 12.4. The average molecular weight is 321 g/mol. The van der Waals surface area contributed by atoms with Gasteiger partial charge in [-0.1, -0.05) is 78.9 Å². The molecule has 0 amide bonds. The molecule has 0 aliphatic heterocycles. The summed E-state index contributed by atoms with van der Waals surface area (Å²) in [6.45, 7) is 0. The molecule has 5 rings (SSSR count). The maximum Gasteiger partial charge on any atom is 0.181 e. The number of hydrogen-bond acceptors (Lipinski definition) is 2. The number of aromatic nitrogens is 3. The van der Waals surface area contributed by atoms with E-state index >= 15 is 0 Å². The minimum absolute atomic E-state index is 0.716. The maximum atomic E-state index is 4.74. The van der Waals surface area contributed by atoms with Gasteiger partial charge in [-0.3, -0.25) is 5.10 Å². The van der Waals surface area contributed by atoms with Gasteiger partial charge in [-0.05, 0) is 27.6 Å². The zero-order chi connectivity index (χ0) is 16.6. The molecule has 0 atom stereocenters. The van der Waals surface area contributed by atoms with Crippen LogP contribution in [0.5, 0.6) is 0 Å². The molecular weight excluding hydrogens is 306 g/mol. The van der Waals surface area contributed by atoms with E-state index in [1.54, 1.807) is 0 Å². The summed E-state index contributed by atoms with van der Waals surface area (Å²) in [6.07, 6.45) is 0. The minimum atomic E-state index is 0.716. The van der Waals surface area contributed by atoms with Crippen molar-refractivity contribution >= 4 is 21.5 Å². The van der Waals surface area contributed by atoms with Crippen LogP contribution in [0.4, 0.5) is 0 Å². The van der Waals surface area contributed by atoms with Crippen molar-refractivity contribution in [1.82, 2.24) is 15.2 Å². The molecule has 0 bridgehead atoms. The van der Waals surface area contributed by atoms with Crippen LogP contribution < -0.4 is 0 Å². The molecule has 0 radical (unpaired) electrons. The molecule has 0 aliphatic rings. The second-order valence-electron chi connectivity index (χ2n) is 6.06. The summed E-state index contributed by atoms with van der Waals surface area (Å²) in [6, 6.07) is 29.1. The fourth-order valence-electron chi connectivity index (χ4n) is 3.35. The normalized spacial score (nSPS) is 11.2. The number of aromatic amines is 1. The lowest BCUT2D eigenvalue weighted by Crippen LogP contribution is -1.86. The molecule has 118 valence electrons. The Labute approximate surface area is 145 Å². The number of nitrogens with one attached hydrogen (secondary N) is 1. The molecule has 0 spiro atoms. The van der Waals surface area contributed by atoms with Crippen LogP contribution >= 0.6 is 0 Å². The van der Waals surface area contributed by atoms with Crippen LogP contribution in [0.3, 0.4) is 0 Å². The van der Waals surface area contributed by atoms with Gasteiger partial charge in [-0.15, -0.1) is 0 Å². The van der Waals surface area contributed by atoms with E-state index in [9.17, 15) is 0 Å². The van der Waals surface area contributed by atoms with E-state index in [1.165, 1.54) is 21.5 Å². The van der Waals surface area contributed by atoms with Gasteiger partial charge in [0.15, 0.2) is 11.6 Å². The first-order valence-electron chi connectivity index (χ1n) is 8.29. The van der Waals surface area contributed by atoms with Crippen molar-refractivity contribution in [1.29, 1.82) is 0 Å². The summed E-state index contributed by atoms with van der Waals surface area (Å²) >= 11 is 0. The Balaban J connectivity index is 1.76. The predicted molar refractivity (Wildman–Crippen MR) is 102 cm³/mol. The van der Waals surface area contributed by atoms with Gasteiger partial charge in [-0.25, -0.2) is 4.98 Å². The van der Waals surface area contributed by atoms with Crippen molar-refractivity contribution in [3.8, 4) is 22.8 Å². The zero-order valence-electron chi connectivity index (χ0n) is 13.5. The Morgan fingerprint density at radius 2 is 1.32 bits per heavy atom. The lowest BCUT2D eigenvalue weighted by atomic mass is 9.97. The number of rotatable bonds is 2. The largest absolute Gasteiger partial charge is 0.259 e. The van der Waals surface area contributed by atoms with Crippen LogP contribution in [-0.4, -0.2) is 15.2 Å². The molecule has 1 heterocycles. The number of benzene rings is 4. The first kappa shape index (κ1) is 13.9. The lowest BCUT2D eigenvalue weighted by Gasteiger charge is -2.08. The third-order valence-corrected chi connectivity index (χ3v) is 4.54. The van der Waals surface area contributed by atoms with E-state index in [2.05, 4.69) is 64.8 Å². The van der Waals surface area contributed by atoms with Crippen molar-refractivity contribution in [3.05, 3.63) is 84.9 Å². The summed E-state index contributed by atoms with van der Waals surface area (Å²) < 4.78 is 0. The number of hydrogen-bond donors (Lipinski definition) is 1. The highest BCUT2D eigenvalue weighted by molar-refractivity contribution is 6.13. The molecule has 0 saturated carbocycles. The molecule has 0 saturated heterocycles. The molecule has 0 fully saturated rings. The molecule has 0 unspecified atom stereocenters. The van der Waals surface area contributed by atoms with Crippen LogP contribution in [0, 0.1) is 0 Å². The second-order valence-corrected chi connectivity index (χ2v) is 6.06. The molecule has 3 nitrogen and oxygen atoms in total. The second kappa shape index (κ2) is 5.56.